The molecule has 0 radical (unpaired) electrons. The Morgan fingerprint density at radius 1 is 0.356 bits per heavy atom. The maximum atomic E-state index is 12.8. The molecule has 0 amide bonds. The van der Waals surface area contributed by atoms with Gasteiger partial charge >= 0.3 is 17.9 Å². The molecule has 59 heavy (non-hydrogen) atoms. The molecule has 0 saturated carbocycles. The van der Waals surface area contributed by atoms with Gasteiger partial charge < -0.3 is 14.2 Å². The number of esters is 3. The third-order valence-corrected chi connectivity index (χ3v) is 12.3. The van der Waals surface area contributed by atoms with Crippen LogP contribution in [0.2, 0.25) is 0 Å². The summed E-state index contributed by atoms with van der Waals surface area (Å²) in [5.41, 5.74) is 0. The Hall–Kier alpha value is -1.59. The molecule has 0 aromatic rings. The number of ether oxygens (including phenoxy) is 3. The van der Waals surface area contributed by atoms with Crippen LogP contribution in [-0.4, -0.2) is 37.2 Å². The molecule has 0 saturated heterocycles. The Bertz CT molecular complexity index is 902. The molecule has 0 aliphatic carbocycles. The first kappa shape index (κ1) is 57.4. The average molecular weight is 835 g/mol. The van der Waals surface area contributed by atoms with Crippen molar-refractivity contribution in [3.8, 4) is 0 Å². The molecule has 0 aliphatic rings. The quantitative estimate of drug-likeness (QED) is 0.0345. The van der Waals surface area contributed by atoms with Crippen molar-refractivity contribution in [1.29, 1.82) is 0 Å². The number of carbonyl (C=O) groups excluding carboxylic acids is 3. The minimum atomic E-state index is -0.762. The lowest BCUT2D eigenvalue weighted by atomic mass is 10.00. The molecule has 350 valence electrons. The van der Waals surface area contributed by atoms with Gasteiger partial charge in [0.05, 0.1) is 0 Å². The molecule has 0 fully saturated rings. The molecular formula is C53H102O6. The highest BCUT2D eigenvalue weighted by Gasteiger charge is 2.19. The topological polar surface area (TPSA) is 78.9 Å². The normalized spacial score (nSPS) is 12.5. The van der Waals surface area contributed by atoms with Gasteiger partial charge in [0.15, 0.2) is 6.10 Å². The van der Waals surface area contributed by atoms with Crippen LogP contribution in [0.5, 0.6) is 0 Å². The lowest BCUT2D eigenvalue weighted by Crippen LogP contribution is -2.30. The summed E-state index contributed by atoms with van der Waals surface area (Å²) in [4.78, 5) is 37.9. The van der Waals surface area contributed by atoms with E-state index in [1.807, 2.05) is 0 Å². The lowest BCUT2D eigenvalue weighted by molar-refractivity contribution is -0.167. The van der Waals surface area contributed by atoms with Gasteiger partial charge in [0.1, 0.15) is 13.2 Å². The van der Waals surface area contributed by atoms with Crippen molar-refractivity contribution in [2.24, 2.45) is 11.8 Å². The van der Waals surface area contributed by atoms with E-state index in [-0.39, 0.29) is 31.1 Å². The number of rotatable bonds is 47. The maximum absolute atomic E-state index is 12.8. The van der Waals surface area contributed by atoms with E-state index >= 15 is 0 Å². The van der Waals surface area contributed by atoms with Gasteiger partial charge in [-0.3, -0.25) is 14.4 Å². The zero-order chi connectivity index (χ0) is 43.3. The van der Waals surface area contributed by atoms with Crippen LogP contribution in [0.3, 0.4) is 0 Å². The summed E-state index contributed by atoms with van der Waals surface area (Å²) in [5, 5.41) is 0. The van der Waals surface area contributed by atoms with Crippen LogP contribution in [-0.2, 0) is 28.6 Å². The molecule has 0 aliphatic heterocycles. The van der Waals surface area contributed by atoms with Crippen LogP contribution < -0.4 is 0 Å². The molecule has 6 nitrogen and oxygen atoms in total. The van der Waals surface area contributed by atoms with Gasteiger partial charge in [-0.2, -0.15) is 0 Å². The highest BCUT2D eigenvalue weighted by Crippen LogP contribution is 2.18. The molecule has 0 aromatic carbocycles. The first-order chi connectivity index (χ1) is 28.8. The van der Waals surface area contributed by atoms with Crippen LogP contribution in [0, 0.1) is 11.8 Å². The second kappa shape index (κ2) is 45.9. The molecule has 2 atom stereocenters. The predicted octanol–water partition coefficient (Wildman–Crippen LogP) is 16.9. The fourth-order valence-corrected chi connectivity index (χ4v) is 7.96. The minimum Gasteiger partial charge on any atom is -0.462 e. The first-order valence-corrected chi connectivity index (χ1v) is 26.3. The Labute approximate surface area is 368 Å². The fourth-order valence-electron chi connectivity index (χ4n) is 7.96. The largest absolute Gasteiger partial charge is 0.462 e. The van der Waals surface area contributed by atoms with Crippen LogP contribution in [0.1, 0.15) is 291 Å². The van der Waals surface area contributed by atoms with Crippen molar-refractivity contribution >= 4 is 17.9 Å². The Balaban J connectivity index is 4.29. The van der Waals surface area contributed by atoms with Crippen LogP contribution in [0.15, 0.2) is 0 Å². The van der Waals surface area contributed by atoms with Crippen molar-refractivity contribution in [3.63, 3.8) is 0 Å². The van der Waals surface area contributed by atoms with E-state index in [9.17, 15) is 14.4 Å². The minimum absolute atomic E-state index is 0.0641. The molecule has 0 N–H and O–H groups in total. The second-order valence-corrected chi connectivity index (χ2v) is 18.9. The zero-order valence-electron chi connectivity index (χ0n) is 40.4. The number of hydrogen-bond donors (Lipinski definition) is 0. The number of unbranched alkanes of at least 4 members (excludes halogenated alkanes) is 31. The fraction of sp³-hybridized carbons (Fsp3) is 0.943. The van der Waals surface area contributed by atoms with Crippen LogP contribution in [0.25, 0.3) is 0 Å². The molecular weight excluding hydrogens is 733 g/mol. The number of carbonyl (C=O) groups is 3. The van der Waals surface area contributed by atoms with Crippen molar-refractivity contribution < 1.29 is 28.6 Å². The van der Waals surface area contributed by atoms with E-state index in [2.05, 4.69) is 34.6 Å². The Morgan fingerprint density at radius 3 is 0.966 bits per heavy atom. The SMILES string of the molecule is CCCCCCCCCCCCCCCCC(=O)OC[C@H](COC(=O)CCCCCCCCC(C)CC)OC(=O)CCCCCCCCCCCCCCCCC(C)C. The van der Waals surface area contributed by atoms with Crippen LogP contribution in [0.4, 0.5) is 0 Å². The Morgan fingerprint density at radius 2 is 0.644 bits per heavy atom. The van der Waals surface area contributed by atoms with Gasteiger partial charge in [0.25, 0.3) is 0 Å². The monoisotopic (exact) mass is 835 g/mol. The third-order valence-electron chi connectivity index (χ3n) is 12.3. The summed E-state index contributed by atoms with van der Waals surface area (Å²) < 4.78 is 16.8. The van der Waals surface area contributed by atoms with Gasteiger partial charge in [0, 0.05) is 19.3 Å². The second-order valence-electron chi connectivity index (χ2n) is 18.9. The molecule has 0 aromatic heterocycles. The summed E-state index contributed by atoms with van der Waals surface area (Å²) in [7, 11) is 0. The molecule has 1 unspecified atom stereocenters. The molecule has 6 heteroatoms. The van der Waals surface area contributed by atoms with Crippen molar-refractivity contribution in [3.05, 3.63) is 0 Å². The van der Waals surface area contributed by atoms with Crippen molar-refractivity contribution in [2.45, 2.75) is 298 Å². The van der Waals surface area contributed by atoms with E-state index in [0.717, 1.165) is 69.6 Å². The molecule has 0 heterocycles. The van der Waals surface area contributed by atoms with Crippen molar-refractivity contribution in [2.75, 3.05) is 13.2 Å². The van der Waals surface area contributed by atoms with Crippen LogP contribution >= 0.6 is 0 Å². The van der Waals surface area contributed by atoms with E-state index in [1.165, 1.54) is 180 Å². The molecule has 0 rings (SSSR count). The van der Waals surface area contributed by atoms with E-state index in [4.69, 9.17) is 14.2 Å². The summed E-state index contributed by atoms with van der Waals surface area (Å²) >= 11 is 0. The summed E-state index contributed by atoms with van der Waals surface area (Å²) in [6.45, 7) is 11.4. The van der Waals surface area contributed by atoms with E-state index in [0.29, 0.717) is 19.3 Å². The summed E-state index contributed by atoms with van der Waals surface area (Å²) in [5.74, 6) is 0.808. The summed E-state index contributed by atoms with van der Waals surface area (Å²) in [6, 6.07) is 0. The van der Waals surface area contributed by atoms with Gasteiger partial charge in [-0.15, -0.1) is 0 Å². The standard InChI is InChI=1S/C53H102O6/c1-6-8-9-10-11-12-13-14-18-21-24-27-33-38-43-51(54)57-46-50(47-58-52(55)44-39-34-30-29-32-37-42-49(5)7-2)59-53(56)45-40-35-28-25-22-19-16-15-17-20-23-26-31-36-41-48(3)4/h48-50H,6-47H2,1-5H3/t49?,50-/m1/s1. The average Bonchev–Trinajstić information content (AvgIpc) is 3.22. The van der Waals surface area contributed by atoms with Gasteiger partial charge in [-0.1, -0.05) is 253 Å². The van der Waals surface area contributed by atoms with Gasteiger partial charge in [0.2, 0.25) is 0 Å². The molecule has 0 spiro atoms. The summed E-state index contributed by atoms with van der Waals surface area (Å²) in [6.07, 6.45) is 46.6. The lowest BCUT2D eigenvalue weighted by Gasteiger charge is -2.18. The highest BCUT2D eigenvalue weighted by atomic mass is 16.6. The van der Waals surface area contributed by atoms with Crippen molar-refractivity contribution in [1.82, 2.24) is 0 Å². The smallest absolute Gasteiger partial charge is 0.306 e. The maximum Gasteiger partial charge on any atom is 0.306 e. The first-order valence-electron chi connectivity index (χ1n) is 26.3. The Kier molecular flexibility index (Phi) is 44.7. The van der Waals surface area contributed by atoms with Gasteiger partial charge in [-0.25, -0.2) is 0 Å². The van der Waals surface area contributed by atoms with E-state index in [1.54, 1.807) is 0 Å². The molecule has 0 bridgehead atoms. The zero-order valence-corrected chi connectivity index (χ0v) is 40.4. The van der Waals surface area contributed by atoms with Gasteiger partial charge in [-0.05, 0) is 31.1 Å². The van der Waals surface area contributed by atoms with E-state index < -0.39 is 6.10 Å². The highest BCUT2D eigenvalue weighted by molar-refractivity contribution is 5.71. The third kappa shape index (κ3) is 45.8. The number of hydrogen-bond acceptors (Lipinski definition) is 6. The predicted molar refractivity (Wildman–Crippen MR) is 252 cm³/mol.